The van der Waals surface area contributed by atoms with Gasteiger partial charge in [-0.15, -0.1) is 5.10 Å². The monoisotopic (exact) mass is 341 g/mol. The van der Waals surface area contributed by atoms with Crippen molar-refractivity contribution in [3.8, 4) is 0 Å². The normalized spacial score (nSPS) is 19.3. The second kappa shape index (κ2) is 6.35. The van der Waals surface area contributed by atoms with E-state index in [0.29, 0.717) is 17.9 Å². The Morgan fingerprint density at radius 1 is 1.30 bits per heavy atom. The van der Waals surface area contributed by atoms with Crippen LogP contribution in [0, 0.1) is 0 Å². The first kappa shape index (κ1) is 16.0. The summed E-state index contributed by atoms with van der Waals surface area (Å²) in [7, 11) is 0. The fraction of sp³-hybridized carbons (Fsp3) is 0.400. The highest BCUT2D eigenvalue weighted by molar-refractivity contribution is 8.00. The molecule has 0 spiro atoms. The molecule has 2 heterocycles. The molecule has 122 valence electrons. The molecule has 1 fully saturated rings. The van der Waals surface area contributed by atoms with E-state index < -0.39 is 23.9 Å². The smallest absolute Gasteiger partial charge is 0.333 e. The average Bonchev–Trinajstić information content (AvgIpc) is 2.50. The number of halogens is 3. The fourth-order valence-corrected chi connectivity index (χ4v) is 3.82. The molecule has 2 aromatic rings. The maximum absolute atomic E-state index is 12.6. The number of hydrogen-bond acceptors (Lipinski definition) is 4. The Labute approximate surface area is 135 Å². The predicted octanol–water partition coefficient (Wildman–Crippen LogP) is 3.28. The molecule has 0 unspecified atom stereocenters. The molecule has 0 saturated carbocycles. The van der Waals surface area contributed by atoms with Crippen molar-refractivity contribution in [1.82, 2.24) is 15.1 Å². The predicted molar refractivity (Wildman–Crippen MR) is 81.1 cm³/mol. The van der Waals surface area contributed by atoms with Crippen molar-refractivity contribution in [3.63, 3.8) is 0 Å². The lowest BCUT2D eigenvalue weighted by Gasteiger charge is -2.32. The van der Waals surface area contributed by atoms with Crippen molar-refractivity contribution in [2.24, 2.45) is 0 Å². The molecule has 1 aliphatic heterocycles. The Morgan fingerprint density at radius 3 is 2.87 bits per heavy atom. The fourth-order valence-electron chi connectivity index (χ4n) is 2.61. The number of carbonyl (C=O) groups excluding carboxylic acids is 1. The van der Waals surface area contributed by atoms with Gasteiger partial charge in [0, 0.05) is 17.3 Å². The zero-order valence-electron chi connectivity index (χ0n) is 12.1. The number of nitrogens with zero attached hydrogens (tertiary/aromatic N) is 3. The number of aromatic nitrogens is 2. The highest BCUT2D eigenvalue weighted by Crippen LogP contribution is 2.33. The molecular weight excluding hydrogens is 327 g/mol. The Kier molecular flexibility index (Phi) is 4.43. The van der Waals surface area contributed by atoms with Crippen LogP contribution in [0.5, 0.6) is 0 Å². The van der Waals surface area contributed by atoms with Gasteiger partial charge >= 0.3 is 6.18 Å². The molecule has 1 aliphatic rings. The molecule has 8 heteroatoms. The summed E-state index contributed by atoms with van der Waals surface area (Å²) in [4.78, 5) is 13.2. The summed E-state index contributed by atoms with van der Waals surface area (Å²) in [5, 5.41) is 9.73. The number of amides is 1. The Morgan fingerprint density at radius 2 is 2.09 bits per heavy atom. The molecule has 3 rings (SSSR count). The third kappa shape index (κ3) is 3.74. The second-order valence-electron chi connectivity index (χ2n) is 5.36. The van der Waals surface area contributed by atoms with E-state index in [1.165, 1.54) is 11.8 Å². The minimum absolute atomic E-state index is 0.149. The number of benzene rings is 1. The van der Waals surface area contributed by atoms with Crippen molar-refractivity contribution in [3.05, 3.63) is 30.5 Å². The molecule has 0 bridgehead atoms. The SMILES string of the molecule is O=C1[C@H](Sc2nncc3ccccc23)CCCN1CC(F)(F)F. The number of fused-ring (bicyclic) bond motifs is 1. The highest BCUT2D eigenvalue weighted by Gasteiger charge is 2.37. The van der Waals surface area contributed by atoms with Gasteiger partial charge in [0.15, 0.2) is 0 Å². The number of likely N-dealkylation sites (tertiary alicyclic amines) is 1. The van der Waals surface area contributed by atoms with E-state index in [0.717, 1.165) is 15.7 Å². The van der Waals surface area contributed by atoms with E-state index in [1.54, 1.807) is 6.20 Å². The largest absolute Gasteiger partial charge is 0.406 e. The third-order valence-electron chi connectivity index (χ3n) is 3.64. The van der Waals surface area contributed by atoms with Crippen molar-refractivity contribution >= 4 is 28.4 Å². The van der Waals surface area contributed by atoms with Crippen LogP contribution in [0.2, 0.25) is 0 Å². The van der Waals surface area contributed by atoms with E-state index >= 15 is 0 Å². The molecule has 1 amide bonds. The van der Waals surface area contributed by atoms with Crippen LogP contribution in [0.1, 0.15) is 12.8 Å². The van der Waals surface area contributed by atoms with Gasteiger partial charge < -0.3 is 4.90 Å². The number of piperidine rings is 1. The molecule has 4 nitrogen and oxygen atoms in total. The highest BCUT2D eigenvalue weighted by atomic mass is 32.2. The molecule has 0 aliphatic carbocycles. The minimum Gasteiger partial charge on any atom is -0.333 e. The van der Waals surface area contributed by atoms with Gasteiger partial charge in [0.1, 0.15) is 11.6 Å². The van der Waals surface area contributed by atoms with Crippen LogP contribution in [0.3, 0.4) is 0 Å². The first-order valence-electron chi connectivity index (χ1n) is 7.17. The number of hydrogen-bond donors (Lipinski definition) is 0. The van der Waals surface area contributed by atoms with Crippen molar-refractivity contribution in [2.45, 2.75) is 29.3 Å². The molecular formula is C15H14F3N3OS. The van der Waals surface area contributed by atoms with Crippen LogP contribution in [0.25, 0.3) is 10.8 Å². The minimum atomic E-state index is -4.37. The molecule has 1 atom stereocenters. The summed E-state index contributed by atoms with van der Waals surface area (Å²) in [5.74, 6) is -0.478. The van der Waals surface area contributed by atoms with Crippen molar-refractivity contribution < 1.29 is 18.0 Å². The first-order chi connectivity index (χ1) is 10.9. The number of alkyl halides is 3. The summed E-state index contributed by atoms with van der Waals surface area (Å²) in [5.41, 5.74) is 0. The zero-order valence-corrected chi connectivity index (χ0v) is 12.9. The van der Waals surface area contributed by atoms with E-state index in [1.807, 2.05) is 24.3 Å². The van der Waals surface area contributed by atoms with Crippen LogP contribution in [0.15, 0.2) is 35.5 Å². The van der Waals surface area contributed by atoms with Crippen LogP contribution in [-0.4, -0.2) is 45.5 Å². The summed E-state index contributed by atoms with van der Waals surface area (Å²) in [6, 6.07) is 7.47. The standard InChI is InChI=1S/C15H14F3N3OS/c16-15(17,18)9-21-7-3-6-12(14(21)22)23-13-11-5-2-1-4-10(11)8-19-20-13/h1-2,4-5,8,12H,3,6-7,9H2/t12-/m1/s1. The van der Waals surface area contributed by atoms with E-state index in [9.17, 15) is 18.0 Å². The number of rotatable bonds is 3. The van der Waals surface area contributed by atoms with Crippen LogP contribution in [0.4, 0.5) is 13.2 Å². The lowest BCUT2D eigenvalue weighted by atomic mass is 10.1. The third-order valence-corrected chi connectivity index (χ3v) is 4.89. The lowest BCUT2D eigenvalue weighted by Crippen LogP contribution is -2.47. The quantitative estimate of drug-likeness (QED) is 0.860. The second-order valence-corrected chi connectivity index (χ2v) is 6.55. The van der Waals surface area contributed by atoms with Crippen LogP contribution >= 0.6 is 11.8 Å². The summed E-state index contributed by atoms with van der Waals surface area (Å²) in [6.45, 7) is -1.04. The van der Waals surface area contributed by atoms with Gasteiger partial charge in [-0.05, 0) is 12.8 Å². The van der Waals surface area contributed by atoms with Gasteiger partial charge in [-0.1, -0.05) is 36.0 Å². The Bertz CT molecular complexity index is 717. The van der Waals surface area contributed by atoms with E-state index in [4.69, 9.17) is 0 Å². The molecule has 1 aromatic heterocycles. The zero-order chi connectivity index (χ0) is 16.4. The first-order valence-corrected chi connectivity index (χ1v) is 8.04. The molecule has 1 saturated heterocycles. The average molecular weight is 341 g/mol. The lowest BCUT2D eigenvalue weighted by molar-refractivity contribution is -0.162. The van der Waals surface area contributed by atoms with Gasteiger partial charge in [-0.3, -0.25) is 4.79 Å². The number of carbonyl (C=O) groups is 1. The van der Waals surface area contributed by atoms with Gasteiger partial charge in [0.2, 0.25) is 5.91 Å². The maximum Gasteiger partial charge on any atom is 0.406 e. The molecule has 0 radical (unpaired) electrons. The van der Waals surface area contributed by atoms with Crippen LogP contribution < -0.4 is 0 Å². The summed E-state index contributed by atoms with van der Waals surface area (Å²) >= 11 is 1.20. The van der Waals surface area contributed by atoms with Gasteiger partial charge in [0.25, 0.3) is 0 Å². The van der Waals surface area contributed by atoms with Crippen LogP contribution in [-0.2, 0) is 4.79 Å². The van der Waals surface area contributed by atoms with E-state index in [-0.39, 0.29) is 6.54 Å². The summed E-state index contributed by atoms with van der Waals surface area (Å²) in [6.07, 6.45) is -1.65. The molecule has 1 aromatic carbocycles. The number of thioether (sulfide) groups is 1. The van der Waals surface area contributed by atoms with Gasteiger partial charge in [0.05, 0.1) is 11.4 Å². The van der Waals surface area contributed by atoms with Crippen molar-refractivity contribution in [1.29, 1.82) is 0 Å². The van der Waals surface area contributed by atoms with Gasteiger partial charge in [-0.2, -0.15) is 18.3 Å². The Balaban J connectivity index is 1.80. The maximum atomic E-state index is 12.6. The van der Waals surface area contributed by atoms with E-state index in [2.05, 4.69) is 10.2 Å². The molecule has 0 N–H and O–H groups in total. The van der Waals surface area contributed by atoms with Gasteiger partial charge in [-0.25, -0.2) is 0 Å². The molecule has 23 heavy (non-hydrogen) atoms. The summed E-state index contributed by atoms with van der Waals surface area (Å²) < 4.78 is 37.7. The Hall–Kier alpha value is -1.83. The topological polar surface area (TPSA) is 46.1 Å². The van der Waals surface area contributed by atoms with Crippen molar-refractivity contribution in [2.75, 3.05) is 13.1 Å².